The van der Waals surface area contributed by atoms with Crippen molar-refractivity contribution in [2.45, 2.75) is 10.3 Å². The van der Waals surface area contributed by atoms with E-state index in [4.69, 9.17) is 0 Å². The lowest BCUT2D eigenvalue weighted by molar-refractivity contribution is -0.127. The first-order chi connectivity index (χ1) is 9.39. The smallest absolute Gasteiger partial charge is 0.273 e. The van der Waals surface area contributed by atoms with E-state index >= 15 is 0 Å². The van der Waals surface area contributed by atoms with Gasteiger partial charge < -0.3 is 0 Å². The number of amides is 2. The predicted molar refractivity (Wildman–Crippen MR) is 79.3 cm³/mol. The molecule has 10 heteroatoms. The summed E-state index contributed by atoms with van der Waals surface area (Å²) in [5, 5.41) is -0.282. The highest BCUT2D eigenvalue weighted by Gasteiger charge is 2.46. The van der Waals surface area contributed by atoms with Gasteiger partial charge in [0.15, 0.2) is 0 Å². The maximum Gasteiger partial charge on any atom is 0.289 e. The van der Waals surface area contributed by atoms with E-state index in [1.54, 1.807) is 12.1 Å². The molecular formula is C10H9BrN2O4S3. The van der Waals surface area contributed by atoms with Crippen LogP contribution >= 0.6 is 39.0 Å². The Morgan fingerprint density at radius 3 is 2.45 bits per heavy atom. The van der Waals surface area contributed by atoms with Crippen LogP contribution in [0.1, 0.15) is 0 Å². The third kappa shape index (κ3) is 2.33. The number of sulfonamides is 1. The number of thiophene rings is 1. The molecule has 0 radical (unpaired) electrons. The highest BCUT2D eigenvalue weighted by Crippen LogP contribution is 2.33. The van der Waals surface area contributed by atoms with Crippen LogP contribution in [0, 0.1) is 0 Å². The SMILES string of the molecule is O=C1CSC(=O)N1C1CN(S(=O)(=O)c2ccc(Br)s2)C1. The summed E-state index contributed by atoms with van der Waals surface area (Å²) in [7, 11) is -3.51. The van der Waals surface area contributed by atoms with Gasteiger partial charge in [-0.05, 0) is 28.1 Å². The first-order valence-corrected chi connectivity index (χ1v) is 9.67. The number of rotatable bonds is 3. The standard InChI is InChI=1S/C10H9BrN2O4S3/c11-7-1-2-9(19-7)20(16,17)12-3-6(4-12)13-8(14)5-18-10(13)15/h1-2,6H,3-5H2. The first kappa shape index (κ1) is 14.5. The summed E-state index contributed by atoms with van der Waals surface area (Å²) in [6.45, 7) is 0.353. The quantitative estimate of drug-likeness (QED) is 0.774. The molecule has 1 aromatic heterocycles. The van der Waals surface area contributed by atoms with Gasteiger partial charge in [0.05, 0.1) is 15.6 Å². The fraction of sp³-hybridized carbons (Fsp3) is 0.400. The number of carbonyl (C=O) groups is 2. The zero-order valence-electron chi connectivity index (χ0n) is 9.98. The molecule has 20 heavy (non-hydrogen) atoms. The fourth-order valence-corrected chi connectivity index (χ4v) is 6.51. The molecule has 2 amide bonds. The first-order valence-electron chi connectivity index (χ1n) is 5.64. The van der Waals surface area contributed by atoms with Gasteiger partial charge in [0, 0.05) is 13.1 Å². The van der Waals surface area contributed by atoms with Crippen LogP contribution in [0.3, 0.4) is 0 Å². The largest absolute Gasteiger partial charge is 0.289 e. The number of carbonyl (C=O) groups excluding carboxylic acids is 2. The summed E-state index contributed by atoms with van der Waals surface area (Å²) in [5.41, 5.74) is 0. The number of nitrogens with zero attached hydrogens (tertiary/aromatic N) is 2. The van der Waals surface area contributed by atoms with Crippen molar-refractivity contribution in [3.63, 3.8) is 0 Å². The third-order valence-corrected chi connectivity index (χ3v) is 7.88. The van der Waals surface area contributed by atoms with Crippen LogP contribution < -0.4 is 0 Å². The highest BCUT2D eigenvalue weighted by molar-refractivity contribution is 9.11. The van der Waals surface area contributed by atoms with Crippen molar-refractivity contribution >= 4 is 60.2 Å². The highest BCUT2D eigenvalue weighted by atomic mass is 79.9. The Hall–Kier alpha value is -0.420. The van der Waals surface area contributed by atoms with E-state index in [-0.39, 0.29) is 40.2 Å². The maximum atomic E-state index is 12.3. The molecule has 3 heterocycles. The van der Waals surface area contributed by atoms with Crippen molar-refractivity contribution < 1.29 is 18.0 Å². The van der Waals surface area contributed by atoms with Crippen LogP contribution in [0.4, 0.5) is 4.79 Å². The lowest BCUT2D eigenvalue weighted by Crippen LogP contribution is -2.61. The Bertz CT molecular complexity index is 664. The van der Waals surface area contributed by atoms with E-state index in [0.29, 0.717) is 0 Å². The molecule has 0 unspecified atom stereocenters. The minimum atomic E-state index is -3.51. The Morgan fingerprint density at radius 1 is 1.25 bits per heavy atom. The molecule has 0 aromatic carbocycles. The summed E-state index contributed by atoms with van der Waals surface area (Å²) in [6.07, 6.45) is 0. The zero-order valence-corrected chi connectivity index (χ0v) is 14.0. The van der Waals surface area contributed by atoms with Gasteiger partial charge in [0.25, 0.3) is 15.3 Å². The molecule has 2 aliphatic rings. The van der Waals surface area contributed by atoms with E-state index in [1.165, 1.54) is 9.21 Å². The van der Waals surface area contributed by atoms with Crippen LogP contribution in [0.5, 0.6) is 0 Å². The van der Waals surface area contributed by atoms with Gasteiger partial charge in [-0.2, -0.15) is 4.31 Å². The van der Waals surface area contributed by atoms with Gasteiger partial charge in [-0.25, -0.2) is 8.42 Å². The van der Waals surface area contributed by atoms with Crippen LogP contribution in [-0.4, -0.2) is 53.7 Å². The lowest BCUT2D eigenvalue weighted by Gasteiger charge is -2.41. The van der Waals surface area contributed by atoms with Gasteiger partial charge in [-0.3, -0.25) is 14.5 Å². The van der Waals surface area contributed by atoms with E-state index in [2.05, 4.69) is 15.9 Å². The molecule has 0 aliphatic carbocycles. The Labute approximate surface area is 132 Å². The van der Waals surface area contributed by atoms with Crippen molar-refractivity contribution in [2.75, 3.05) is 18.8 Å². The predicted octanol–water partition coefficient (Wildman–Crippen LogP) is 1.58. The summed E-state index contributed by atoms with van der Waals surface area (Å²) in [5.74, 6) is -0.0825. The Morgan fingerprint density at radius 2 is 1.95 bits per heavy atom. The molecule has 1 aromatic rings. The third-order valence-electron chi connectivity index (χ3n) is 3.12. The molecule has 0 atom stereocenters. The van der Waals surface area contributed by atoms with Crippen molar-refractivity contribution in [1.29, 1.82) is 0 Å². The minimum Gasteiger partial charge on any atom is -0.273 e. The number of hydrogen-bond acceptors (Lipinski definition) is 6. The summed E-state index contributed by atoms with van der Waals surface area (Å²) < 4.78 is 26.8. The maximum absolute atomic E-state index is 12.3. The van der Waals surface area contributed by atoms with Crippen LogP contribution in [-0.2, 0) is 14.8 Å². The van der Waals surface area contributed by atoms with Gasteiger partial charge in [-0.1, -0.05) is 11.8 Å². The molecule has 2 aliphatic heterocycles. The fourth-order valence-electron chi connectivity index (χ4n) is 2.06. The monoisotopic (exact) mass is 396 g/mol. The Balaban J connectivity index is 1.71. The molecule has 3 rings (SSSR count). The van der Waals surface area contributed by atoms with Gasteiger partial charge in [0.2, 0.25) is 5.91 Å². The average molecular weight is 397 g/mol. The van der Waals surface area contributed by atoms with Crippen LogP contribution in [0.2, 0.25) is 0 Å². The summed E-state index contributed by atoms with van der Waals surface area (Å²) in [6, 6.07) is 2.89. The second-order valence-corrected chi connectivity index (χ2v) is 9.91. The second-order valence-electron chi connectivity index (χ2n) is 4.35. The Kier molecular flexibility index (Phi) is 3.70. The molecule has 0 spiro atoms. The molecule has 0 N–H and O–H groups in total. The molecule has 108 valence electrons. The van der Waals surface area contributed by atoms with E-state index in [1.807, 2.05) is 0 Å². The summed E-state index contributed by atoms with van der Waals surface area (Å²) >= 11 is 5.34. The number of halogens is 1. The van der Waals surface area contributed by atoms with Gasteiger partial charge >= 0.3 is 0 Å². The second kappa shape index (κ2) is 5.09. The van der Waals surface area contributed by atoms with E-state index in [9.17, 15) is 18.0 Å². The minimum absolute atomic E-state index is 0.153. The number of imide groups is 1. The average Bonchev–Trinajstić information content (AvgIpc) is 2.88. The molecule has 6 nitrogen and oxygen atoms in total. The van der Waals surface area contributed by atoms with Crippen molar-refractivity contribution in [1.82, 2.24) is 9.21 Å². The molecule has 0 bridgehead atoms. The molecule has 2 fully saturated rings. The lowest BCUT2D eigenvalue weighted by atomic mass is 10.1. The molecule has 0 saturated carbocycles. The van der Waals surface area contributed by atoms with Crippen LogP contribution in [0.15, 0.2) is 20.1 Å². The van der Waals surface area contributed by atoms with Crippen LogP contribution in [0.25, 0.3) is 0 Å². The van der Waals surface area contributed by atoms with Crippen molar-refractivity contribution in [2.24, 2.45) is 0 Å². The molecular weight excluding hydrogens is 388 g/mol. The number of hydrogen-bond donors (Lipinski definition) is 0. The van der Waals surface area contributed by atoms with Gasteiger partial charge in [-0.15, -0.1) is 11.3 Å². The normalized spacial score (nSPS) is 21.6. The van der Waals surface area contributed by atoms with Crippen molar-refractivity contribution in [3.05, 3.63) is 15.9 Å². The zero-order chi connectivity index (χ0) is 14.5. The van der Waals surface area contributed by atoms with Gasteiger partial charge in [0.1, 0.15) is 4.21 Å². The van der Waals surface area contributed by atoms with Crippen molar-refractivity contribution in [3.8, 4) is 0 Å². The summed E-state index contributed by atoms with van der Waals surface area (Å²) in [4.78, 5) is 24.3. The topological polar surface area (TPSA) is 74.8 Å². The molecule has 2 saturated heterocycles. The number of thioether (sulfide) groups is 1. The van der Waals surface area contributed by atoms with E-state index < -0.39 is 10.0 Å². The van der Waals surface area contributed by atoms with E-state index in [0.717, 1.165) is 26.9 Å².